The van der Waals surface area contributed by atoms with Crippen molar-refractivity contribution in [2.24, 2.45) is 0 Å². The Kier molecular flexibility index (Phi) is 6.63. The highest BCUT2D eigenvalue weighted by Gasteiger charge is 2.51. The molecule has 3 rings (SSSR count). The lowest BCUT2D eigenvalue weighted by Gasteiger charge is -2.31. The van der Waals surface area contributed by atoms with Crippen LogP contribution in [-0.4, -0.2) is 37.6 Å². The van der Waals surface area contributed by atoms with Gasteiger partial charge in [-0.1, -0.05) is 49.7 Å². The first-order chi connectivity index (χ1) is 13.5. The Bertz CT molecular complexity index is 816. The van der Waals surface area contributed by atoms with Gasteiger partial charge in [-0.15, -0.1) is 0 Å². The average molecular weight is 401 g/mol. The van der Waals surface area contributed by atoms with Crippen LogP contribution in [0, 0.1) is 0 Å². The number of nitrogens with zero attached hydrogens (tertiary/aromatic N) is 1. The Morgan fingerprint density at radius 1 is 1.18 bits per heavy atom. The maximum atomic E-state index is 13.1. The molecular weight excluding hydrogens is 372 g/mol. The number of carbonyl (C=O) groups is 1. The van der Waals surface area contributed by atoms with Crippen LogP contribution in [0.15, 0.2) is 48.5 Å². The third-order valence-corrected chi connectivity index (χ3v) is 5.98. The van der Waals surface area contributed by atoms with E-state index in [4.69, 9.17) is 16.3 Å². The van der Waals surface area contributed by atoms with E-state index in [1.807, 2.05) is 36.4 Å². The van der Waals surface area contributed by atoms with Crippen LogP contribution in [-0.2, 0) is 10.2 Å². The van der Waals surface area contributed by atoms with E-state index >= 15 is 0 Å². The van der Waals surface area contributed by atoms with Crippen LogP contribution < -0.4 is 10.1 Å². The number of methoxy groups -OCH3 is 1. The number of nitrogens with one attached hydrogen (secondary N) is 1. The SMILES string of the molecule is CCN(CC)C(CNC(=O)C1(c2cccc(Cl)c2)CC1)c1cccc(OC)c1. The Balaban J connectivity index is 1.77. The molecular formula is C23H29ClN2O2. The predicted molar refractivity (Wildman–Crippen MR) is 114 cm³/mol. The largest absolute Gasteiger partial charge is 0.497 e. The molecule has 1 saturated carbocycles. The Morgan fingerprint density at radius 3 is 2.50 bits per heavy atom. The molecule has 2 aromatic rings. The fourth-order valence-electron chi connectivity index (χ4n) is 3.89. The topological polar surface area (TPSA) is 41.6 Å². The van der Waals surface area contributed by atoms with Gasteiger partial charge in [0.15, 0.2) is 0 Å². The summed E-state index contributed by atoms with van der Waals surface area (Å²) in [5, 5.41) is 3.90. The number of hydrogen-bond donors (Lipinski definition) is 1. The standard InChI is InChI=1S/C23H29ClN2O2/c1-4-26(5-2)21(17-8-6-11-20(14-17)28-3)16-25-22(27)23(12-13-23)18-9-7-10-19(24)15-18/h6-11,14-15,21H,4-5,12-13,16H2,1-3H3,(H,25,27). The summed E-state index contributed by atoms with van der Waals surface area (Å²) in [5.74, 6) is 0.924. The van der Waals surface area contributed by atoms with Crippen LogP contribution in [0.4, 0.5) is 0 Å². The van der Waals surface area contributed by atoms with E-state index in [1.165, 1.54) is 0 Å². The zero-order valence-corrected chi connectivity index (χ0v) is 17.6. The van der Waals surface area contributed by atoms with Crippen molar-refractivity contribution in [3.05, 3.63) is 64.7 Å². The summed E-state index contributed by atoms with van der Waals surface area (Å²) in [4.78, 5) is 15.5. The second kappa shape index (κ2) is 8.97. The van der Waals surface area contributed by atoms with Crippen molar-refractivity contribution in [3.8, 4) is 5.75 Å². The second-order valence-electron chi connectivity index (χ2n) is 7.32. The molecule has 5 heteroatoms. The number of likely N-dealkylation sites (N-methyl/N-ethyl adjacent to an activating group) is 1. The van der Waals surface area contributed by atoms with Gasteiger partial charge in [0.1, 0.15) is 5.75 Å². The van der Waals surface area contributed by atoms with Crippen molar-refractivity contribution in [2.45, 2.75) is 38.1 Å². The third kappa shape index (κ3) is 4.34. The summed E-state index contributed by atoms with van der Waals surface area (Å²) in [7, 11) is 1.68. The van der Waals surface area contributed by atoms with Gasteiger partial charge in [-0.05, 0) is 61.3 Å². The van der Waals surface area contributed by atoms with Gasteiger partial charge < -0.3 is 10.1 Å². The van der Waals surface area contributed by atoms with Crippen LogP contribution >= 0.6 is 11.6 Å². The molecule has 0 heterocycles. The minimum Gasteiger partial charge on any atom is -0.497 e. The van der Waals surface area contributed by atoms with Crippen LogP contribution in [0.1, 0.15) is 43.9 Å². The van der Waals surface area contributed by atoms with Crippen LogP contribution in [0.5, 0.6) is 5.75 Å². The maximum Gasteiger partial charge on any atom is 0.230 e. The summed E-state index contributed by atoms with van der Waals surface area (Å²) in [6, 6.07) is 15.9. The molecule has 2 aromatic carbocycles. The van der Waals surface area contributed by atoms with Crippen LogP contribution in [0.25, 0.3) is 0 Å². The molecule has 1 N–H and O–H groups in total. The van der Waals surface area contributed by atoms with Gasteiger partial charge in [-0.2, -0.15) is 0 Å². The van der Waals surface area contributed by atoms with E-state index in [2.05, 4.69) is 36.2 Å². The van der Waals surface area contributed by atoms with Crippen molar-refractivity contribution >= 4 is 17.5 Å². The molecule has 1 amide bonds. The summed E-state index contributed by atoms with van der Waals surface area (Å²) in [6.07, 6.45) is 1.74. The van der Waals surface area contributed by atoms with Crippen molar-refractivity contribution in [1.29, 1.82) is 0 Å². The minimum absolute atomic E-state index is 0.0924. The van der Waals surface area contributed by atoms with Crippen molar-refractivity contribution in [3.63, 3.8) is 0 Å². The van der Waals surface area contributed by atoms with Gasteiger partial charge in [0.25, 0.3) is 0 Å². The first kappa shape index (κ1) is 20.7. The smallest absolute Gasteiger partial charge is 0.230 e. The van der Waals surface area contributed by atoms with E-state index in [9.17, 15) is 4.79 Å². The average Bonchev–Trinajstić information content (AvgIpc) is 3.53. The van der Waals surface area contributed by atoms with Gasteiger partial charge in [0.05, 0.1) is 18.6 Å². The number of rotatable bonds is 9. The number of halogens is 1. The van der Waals surface area contributed by atoms with Gasteiger partial charge in [-0.25, -0.2) is 0 Å². The molecule has 28 heavy (non-hydrogen) atoms. The fourth-order valence-corrected chi connectivity index (χ4v) is 4.08. The number of benzene rings is 2. The van der Waals surface area contributed by atoms with Gasteiger partial charge >= 0.3 is 0 Å². The molecule has 0 radical (unpaired) electrons. The summed E-state index contributed by atoms with van der Waals surface area (Å²) >= 11 is 6.15. The normalized spacial score (nSPS) is 15.9. The summed E-state index contributed by atoms with van der Waals surface area (Å²) in [6.45, 7) is 6.68. The van der Waals surface area contributed by atoms with E-state index in [1.54, 1.807) is 7.11 Å². The lowest BCUT2D eigenvalue weighted by atomic mass is 9.94. The molecule has 0 bridgehead atoms. The zero-order valence-electron chi connectivity index (χ0n) is 16.9. The Labute approximate surface area is 172 Å². The fraction of sp³-hybridized carbons (Fsp3) is 0.435. The molecule has 1 aliphatic carbocycles. The first-order valence-electron chi connectivity index (χ1n) is 9.96. The van der Waals surface area contributed by atoms with Crippen LogP contribution in [0.2, 0.25) is 5.02 Å². The minimum atomic E-state index is -0.424. The van der Waals surface area contributed by atoms with Gasteiger partial charge in [0, 0.05) is 11.6 Å². The first-order valence-corrected chi connectivity index (χ1v) is 10.3. The number of ether oxygens (including phenoxy) is 1. The molecule has 0 saturated heterocycles. The summed E-state index contributed by atoms with van der Waals surface area (Å²) in [5.41, 5.74) is 1.74. The monoisotopic (exact) mass is 400 g/mol. The Hall–Kier alpha value is -2.04. The van der Waals surface area contributed by atoms with Crippen LogP contribution in [0.3, 0.4) is 0 Å². The van der Waals surface area contributed by atoms with E-state index in [-0.39, 0.29) is 11.9 Å². The highest BCUT2D eigenvalue weighted by atomic mass is 35.5. The maximum absolute atomic E-state index is 13.1. The molecule has 0 aliphatic heterocycles. The molecule has 0 aromatic heterocycles. The zero-order chi connectivity index (χ0) is 20.1. The third-order valence-electron chi connectivity index (χ3n) is 5.75. The number of carbonyl (C=O) groups excluding carboxylic acids is 1. The highest BCUT2D eigenvalue weighted by molar-refractivity contribution is 6.30. The molecule has 1 fully saturated rings. The quantitative estimate of drug-likeness (QED) is 0.669. The Morgan fingerprint density at radius 2 is 1.89 bits per heavy atom. The molecule has 1 atom stereocenters. The van der Waals surface area contributed by atoms with Gasteiger partial charge in [-0.3, -0.25) is 9.69 Å². The lowest BCUT2D eigenvalue weighted by molar-refractivity contribution is -0.123. The van der Waals surface area contributed by atoms with Gasteiger partial charge in [0.2, 0.25) is 5.91 Å². The molecule has 1 aliphatic rings. The number of hydrogen-bond acceptors (Lipinski definition) is 3. The molecule has 4 nitrogen and oxygen atoms in total. The lowest BCUT2D eigenvalue weighted by Crippen LogP contribution is -2.41. The van der Waals surface area contributed by atoms with Crippen molar-refractivity contribution in [1.82, 2.24) is 10.2 Å². The molecule has 1 unspecified atom stereocenters. The predicted octanol–water partition coefficient (Wildman–Crippen LogP) is 4.58. The van der Waals surface area contributed by atoms with E-state index < -0.39 is 5.41 Å². The van der Waals surface area contributed by atoms with Crippen molar-refractivity contribution < 1.29 is 9.53 Å². The molecule has 0 spiro atoms. The van der Waals surface area contributed by atoms with E-state index in [0.717, 1.165) is 42.8 Å². The van der Waals surface area contributed by atoms with E-state index in [0.29, 0.717) is 11.6 Å². The highest BCUT2D eigenvalue weighted by Crippen LogP contribution is 2.49. The van der Waals surface area contributed by atoms with Crippen molar-refractivity contribution in [2.75, 3.05) is 26.7 Å². The molecule has 150 valence electrons. The number of amides is 1. The summed E-state index contributed by atoms with van der Waals surface area (Å²) < 4.78 is 5.39. The second-order valence-corrected chi connectivity index (χ2v) is 7.75.